The molecule has 0 heterocycles. The predicted octanol–water partition coefficient (Wildman–Crippen LogP) is 3.85. The van der Waals surface area contributed by atoms with Crippen LogP contribution >= 0.6 is 0 Å². The Kier molecular flexibility index (Phi) is 5.67. The fraction of sp³-hybridized carbons (Fsp3) is 1.00. The smallest absolute Gasteiger partial charge is 0.0806 e. The van der Waals surface area contributed by atoms with Crippen LogP contribution in [0.2, 0.25) is 0 Å². The molecule has 2 heteroatoms. The molecule has 108 valence electrons. The fourth-order valence-electron chi connectivity index (χ4n) is 3.05. The molecule has 0 aromatic rings. The van der Waals surface area contributed by atoms with Crippen LogP contribution in [0, 0.1) is 17.3 Å². The lowest BCUT2D eigenvalue weighted by Crippen LogP contribution is -2.47. The maximum atomic E-state index is 6.27. The zero-order valence-electron chi connectivity index (χ0n) is 13.3. The average Bonchev–Trinajstić information content (AvgIpc) is 2.26. The van der Waals surface area contributed by atoms with E-state index in [1.165, 1.54) is 25.7 Å². The van der Waals surface area contributed by atoms with Crippen molar-refractivity contribution in [2.24, 2.45) is 17.3 Å². The molecule has 0 unspecified atom stereocenters. The van der Waals surface area contributed by atoms with E-state index in [-0.39, 0.29) is 5.60 Å². The van der Waals surface area contributed by atoms with Gasteiger partial charge < -0.3 is 10.1 Å². The summed E-state index contributed by atoms with van der Waals surface area (Å²) >= 11 is 0. The highest BCUT2D eigenvalue weighted by Crippen LogP contribution is 2.42. The summed E-state index contributed by atoms with van der Waals surface area (Å²) in [6.45, 7) is 13.5. The summed E-state index contributed by atoms with van der Waals surface area (Å²) in [7, 11) is 2.04. The second kappa shape index (κ2) is 6.38. The van der Waals surface area contributed by atoms with Crippen molar-refractivity contribution in [2.45, 2.75) is 65.9 Å². The SMILES string of the molecule is CNCC1(OCC(C)C)CCC(C(C)(C)C)CC1. The molecule has 1 fully saturated rings. The van der Waals surface area contributed by atoms with Crippen LogP contribution in [0.3, 0.4) is 0 Å². The Morgan fingerprint density at radius 2 is 1.78 bits per heavy atom. The van der Waals surface area contributed by atoms with Gasteiger partial charge in [0.15, 0.2) is 0 Å². The first-order valence-corrected chi connectivity index (χ1v) is 7.58. The summed E-state index contributed by atoms with van der Waals surface area (Å²) in [6, 6.07) is 0. The molecule has 0 atom stereocenters. The number of rotatable bonds is 5. The van der Waals surface area contributed by atoms with Crippen LogP contribution in [0.1, 0.15) is 60.3 Å². The van der Waals surface area contributed by atoms with Gasteiger partial charge >= 0.3 is 0 Å². The molecule has 0 bridgehead atoms. The zero-order valence-corrected chi connectivity index (χ0v) is 13.3. The van der Waals surface area contributed by atoms with Crippen molar-refractivity contribution >= 4 is 0 Å². The molecule has 0 radical (unpaired) electrons. The van der Waals surface area contributed by atoms with E-state index in [1.807, 2.05) is 7.05 Å². The summed E-state index contributed by atoms with van der Waals surface area (Å²) < 4.78 is 6.27. The fourth-order valence-corrected chi connectivity index (χ4v) is 3.05. The van der Waals surface area contributed by atoms with Crippen molar-refractivity contribution in [3.63, 3.8) is 0 Å². The third kappa shape index (κ3) is 4.55. The summed E-state index contributed by atoms with van der Waals surface area (Å²) in [5.41, 5.74) is 0.546. The van der Waals surface area contributed by atoms with Crippen LogP contribution in [0.5, 0.6) is 0 Å². The molecule has 0 aromatic carbocycles. The van der Waals surface area contributed by atoms with Crippen molar-refractivity contribution in [3.05, 3.63) is 0 Å². The third-order valence-electron chi connectivity index (χ3n) is 4.34. The number of ether oxygens (including phenoxy) is 1. The molecule has 18 heavy (non-hydrogen) atoms. The van der Waals surface area contributed by atoms with Gasteiger partial charge in [0, 0.05) is 13.2 Å². The lowest BCUT2D eigenvalue weighted by Gasteiger charge is -2.44. The Hall–Kier alpha value is -0.0800. The van der Waals surface area contributed by atoms with Gasteiger partial charge in [-0.15, -0.1) is 0 Å². The zero-order chi connectivity index (χ0) is 13.8. The van der Waals surface area contributed by atoms with Gasteiger partial charge in [0.2, 0.25) is 0 Å². The van der Waals surface area contributed by atoms with E-state index in [9.17, 15) is 0 Å². The highest BCUT2D eigenvalue weighted by molar-refractivity contribution is 4.92. The molecule has 1 saturated carbocycles. The van der Waals surface area contributed by atoms with Crippen LogP contribution < -0.4 is 5.32 Å². The van der Waals surface area contributed by atoms with Crippen LogP contribution in [0.4, 0.5) is 0 Å². The molecule has 2 nitrogen and oxygen atoms in total. The second-order valence-corrected chi connectivity index (χ2v) is 7.56. The second-order valence-electron chi connectivity index (χ2n) is 7.56. The number of hydrogen-bond donors (Lipinski definition) is 1. The first-order chi connectivity index (χ1) is 8.29. The van der Waals surface area contributed by atoms with Gasteiger partial charge in [-0.3, -0.25) is 0 Å². The van der Waals surface area contributed by atoms with E-state index < -0.39 is 0 Å². The molecule has 1 aliphatic rings. The Balaban J connectivity index is 2.56. The summed E-state index contributed by atoms with van der Waals surface area (Å²) in [6.07, 6.45) is 5.04. The first-order valence-electron chi connectivity index (χ1n) is 7.58. The topological polar surface area (TPSA) is 21.3 Å². The highest BCUT2D eigenvalue weighted by atomic mass is 16.5. The minimum Gasteiger partial charge on any atom is -0.373 e. The summed E-state index contributed by atoms with van der Waals surface area (Å²) in [4.78, 5) is 0. The van der Waals surface area contributed by atoms with Gasteiger partial charge in [-0.05, 0) is 50.0 Å². The molecule has 0 aromatic heterocycles. The van der Waals surface area contributed by atoms with Gasteiger partial charge in [-0.1, -0.05) is 34.6 Å². The van der Waals surface area contributed by atoms with Gasteiger partial charge in [0.1, 0.15) is 0 Å². The van der Waals surface area contributed by atoms with E-state index in [0.717, 1.165) is 19.1 Å². The van der Waals surface area contributed by atoms with Crippen molar-refractivity contribution < 1.29 is 4.74 Å². The monoisotopic (exact) mass is 255 g/mol. The average molecular weight is 255 g/mol. The minimum absolute atomic E-state index is 0.0980. The van der Waals surface area contributed by atoms with Gasteiger partial charge in [-0.25, -0.2) is 0 Å². The lowest BCUT2D eigenvalue weighted by atomic mass is 9.68. The molecule has 1 rings (SSSR count). The molecule has 0 aliphatic heterocycles. The Labute approximate surface area is 114 Å². The van der Waals surface area contributed by atoms with Crippen molar-refractivity contribution in [1.82, 2.24) is 5.32 Å². The maximum Gasteiger partial charge on any atom is 0.0806 e. The third-order valence-corrected chi connectivity index (χ3v) is 4.34. The van der Waals surface area contributed by atoms with E-state index in [0.29, 0.717) is 11.3 Å². The molecule has 0 amide bonds. The largest absolute Gasteiger partial charge is 0.373 e. The van der Waals surface area contributed by atoms with Crippen LogP contribution in [-0.4, -0.2) is 25.8 Å². The summed E-state index contributed by atoms with van der Waals surface area (Å²) in [5, 5.41) is 3.33. The van der Waals surface area contributed by atoms with Gasteiger partial charge in [-0.2, -0.15) is 0 Å². The maximum absolute atomic E-state index is 6.27. The highest BCUT2D eigenvalue weighted by Gasteiger charge is 2.39. The van der Waals surface area contributed by atoms with E-state index in [4.69, 9.17) is 4.74 Å². The van der Waals surface area contributed by atoms with Crippen molar-refractivity contribution in [3.8, 4) is 0 Å². The molecular formula is C16H33NO. The van der Waals surface area contributed by atoms with Gasteiger partial charge in [0.25, 0.3) is 0 Å². The quantitative estimate of drug-likeness (QED) is 0.805. The minimum atomic E-state index is 0.0980. The number of hydrogen-bond acceptors (Lipinski definition) is 2. The van der Waals surface area contributed by atoms with Crippen molar-refractivity contribution in [1.29, 1.82) is 0 Å². The normalized spacial score (nSPS) is 29.8. The Bertz CT molecular complexity index is 234. The van der Waals surface area contributed by atoms with E-state index in [2.05, 4.69) is 39.9 Å². The Morgan fingerprint density at radius 3 is 2.17 bits per heavy atom. The van der Waals surface area contributed by atoms with Crippen LogP contribution in [-0.2, 0) is 4.74 Å². The van der Waals surface area contributed by atoms with Crippen LogP contribution in [0.15, 0.2) is 0 Å². The molecular weight excluding hydrogens is 222 g/mol. The van der Waals surface area contributed by atoms with Gasteiger partial charge in [0.05, 0.1) is 5.60 Å². The summed E-state index contributed by atoms with van der Waals surface area (Å²) in [5.74, 6) is 1.48. The first kappa shape index (κ1) is 16.0. The molecule has 0 spiro atoms. The molecule has 1 aliphatic carbocycles. The lowest BCUT2D eigenvalue weighted by molar-refractivity contribution is -0.0919. The molecule has 0 saturated heterocycles. The van der Waals surface area contributed by atoms with E-state index >= 15 is 0 Å². The predicted molar refractivity (Wildman–Crippen MR) is 78.9 cm³/mol. The number of likely N-dealkylation sites (N-methyl/N-ethyl adjacent to an activating group) is 1. The Morgan fingerprint density at radius 1 is 1.22 bits per heavy atom. The standard InChI is InChI=1S/C16H33NO/c1-13(2)11-18-16(12-17-6)9-7-14(8-10-16)15(3,4)5/h13-14,17H,7-12H2,1-6H3. The van der Waals surface area contributed by atoms with Crippen molar-refractivity contribution in [2.75, 3.05) is 20.2 Å². The van der Waals surface area contributed by atoms with E-state index in [1.54, 1.807) is 0 Å². The molecule has 1 N–H and O–H groups in total. The number of nitrogens with one attached hydrogen (secondary N) is 1. The van der Waals surface area contributed by atoms with Crippen LogP contribution in [0.25, 0.3) is 0 Å².